The smallest absolute Gasteiger partial charge is 0.128 e. The molecule has 136 valence electrons. The fourth-order valence-electron chi connectivity index (χ4n) is 3.24. The van der Waals surface area contributed by atoms with Crippen LogP contribution in [0.15, 0.2) is 59.7 Å². The van der Waals surface area contributed by atoms with Crippen LogP contribution in [0, 0.1) is 22.7 Å². The third-order valence-electron chi connectivity index (χ3n) is 4.74. The highest BCUT2D eigenvalue weighted by Gasteiger charge is 2.29. The zero-order chi connectivity index (χ0) is 19.2. The van der Waals surface area contributed by atoms with Gasteiger partial charge < -0.3 is 9.47 Å². The van der Waals surface area contributed by atoms with E-state index < -0.39 is 0 Å². The van der Waals surface area contributed by atoms with Gasteiger partial charge in [0.25, 0.3) is 0 Å². The maximum atomic E-state index is 9.36. The lowest BCUT2D eigenvalue weighted by atomic mass is 9.93. The highest BCUT2D eigenvalue weighted by Crippen LogP contribution is 2.52. The first-order chi connectivity index (χ1) is 13.2. The van der Waals surface area contributed by atoms with Gasteiger partial charge in [0.1, 0.15) is 29.2 Å². The molecule has 1 aliphatic rings. The molecular weight excluding hydrogens is 356 g/mol. The van der Waals surface area contributed by atoms with Gasteiger partial charge in [-0.05, 0) is 53.8 Å². The maximum Gasteiger partial charge on any atom is 0.128 e. The number of ether oxygens (including phenoxy) is 2. The number of nitrogens with zero attached hydrogens (tertiary/aromatic N) is 2. The van der Waals surface area contributed by atoms with Crippen LogP contribution in [0.25, 0.3) is 0 Å². The second-order valence-corrected chi connectivity index (χ2v) is 7.68. The van der Waals surface area contributed by atoms with E-state index in [1.165, 1.54) is 11.1 Å². The predicted molar refractivity (Wildman–Crippen MR) is 107 cm³/mol. The Morgan fingerprint density at radius 1 is 0.815 bits per heavy atom. The summed E-state index contributed by atoms with van der Waals surface area (Å²) in [6.45, 7) is 0. The fourth-order valence-corrected chi connectivity index (χ4v) is 4.86. The monoisotopic (exact) mass is 376 g/mol. The molecule has 5 heteroatoms. The summed E-state index contributed by atoms with van der Waals surface area (Å²) < 4.78 is 10.5. The summed E-state index contributed by atoms with van der Waals surface area (Å²) in [5, 5.41) is 19.1. The molecule has 1 aliphatic heterocycles. The normalized spacial score (nSPS) is 18.9. The third kappa shape index (κ3) is 4.27. The van der Waals surface area contributed by atoms with Crippen molar-refractivity contribution in [3.05, 3.63) is 70.8 Å². The summed E-state index contributed by atoms with van der Waals surface area (Å²) in [7, 11) is 3.30. The van der Waals surface area contributed by atoms with Gasteiger partial charge in [-0.2, -0.15) is 10.5 Å². The molecule has 0 amide bonds. The molecule has 1 saturated heterocycles. The molecule has 1 heterocycles. The van der Waals surface area contributed by atoms with E-state index in [1.54, 1.807) is 14.2 Å². The van der Waals surface area contributed by atoms with Crippen LogP contribution in [0.4, 0.5) is 0 Å². The van der Waals surface area contributed by atoms with Gasteiger partial charge in [-0.1, -0.05) is 24.3 Å². The van der Waals surface area contributed by atoms with Crippen molar-refractivity contribution >= 4 is 11.8 Å². The molecular formula is C22H20N2O2S. The van der Waals surface area contributed by atoms with Crippen molar-refractivity contribution in [2.45, 2.75) is 23.3 Å². The van der Waals surface area contributed by atoms with Crippen molar-refractivity contribution in [2.75, 3.05) is 14.2 Å². The minimum Gasteiger partial charge on any atom is -0.497 e. The molecule has 2 aromatic rings. The first kappa shape index (κ1) is 18.9. The topological polar surface area (TPSA) is 66.0 Å². The Balaban J connectivity index is 1.95. The average molecular weight is 376 g/mol. The number of benzene rings is 2. The van der Waals surface area contributed by atoms with Crippen LogP contribution in [-0.4, -0.2) is 14.2 Å². The standard InChI is InChI=1S/C22H20N2O2S/c1-25-19-7-3-15(4-8-19)21-11-17(18(13-23)14-24)12-22(27-21)16-5-9-20(26-2)10-6-16/h3-10,21-22H,11-12H2,1-2H3/t21-,22+. The molecule has 0 radical (unpaired) electrons. The summed E-state index contributed by atoms with van der Waals surface area (Å²) in [5.41, 5.74) is 3.52. The molecule has 0 unspecified atom stereocenters. The van der Waals surface area contributed by atoms with Crippen molar-refractivity contribution in [1.82, 2.24) is 0 Å². The van der Waals surface area contributed by atoms with E-state index in [9.17, 15) is 10.5 Å². The molecule has 2 aromatic carbocycles. The van der Waals surface area contributed by atoms with E-state index >= 15 is 0 Å². The number of thioether (sulfide) groups is 1. The average Bonchev–Trinajstić information content (AvgIpc) is 2.74. The Morgan fingerprint density at radius 3 is 1.56 bits per heavy atom. The lowest BCUT2D eigenvalue weighted by molar-refractivity contribution is 0.414. The SMILES string of the molecule is COc1ccc([C@@H]2CC(=C(C#N)C#N)C[C@H](c3ccc(OC)cc3)S2)cc1. The Morgan fingerprint density at radius 2 is 1.22 bits per heavy atom. The number of methoxy groups -OCH3 is 2. The van der Waals surface area contributed by atoms with Gasteiger partial charge in [-0.25, -0.2) is 0 Å². The Kier molecular flexibility index (Phi) is 6.06. The predicted octanol–water partition coefficient (Wildman–Crippen LogP) is 5.36. The summed E-state index contributed by atoms with van der Waals surface area (Å²) in [6, 6.07) is 20.2. The van der Waals surface area contributed by atoms with E-state index in [0.29, 0.717) is 12.8 Å². The van der Waals surface area contributed by atoms with E-state index in [1.807, 2.05) is 36.0 Å². The summed E-state index contributed by atoms with van der Waals surface area (Å²) in [5.74, 6) is 1.63. The van der Waals surface area contributed by atoms with E-state index in [2.05, 4.69) is 36.4 Å². The van der Waals surface area contributed by atoms with Crippen molar-refractivity contribution in [3.63, 3.8) is 0 Å². The number of hydrogen-bond donors (Lipinski definition) is 0. The zero-order valence-corrected chi connectivity index (χ0v) is 16.1. The van der Waals surface area contributed by atoms with Gasteiger partial charge in [-0.15, -0.1) is 11.8 Å². The molecule has 0 N–H and O–H groups in total. The molecule has 4 nitrogen and oxygen atoms in total. The lowest BCUT2D eigenvalue weighted by Crippen LogP contribution is -2.11. The van der Waals surface area contributed by atoms with Gasteiger partial charge >= 0.3 is 0 Å². The molecule has 2 atom stereocenters. The second kappa shape index (κ2) is 8.66. The van der Waals surface area contributed by atoms with Crippen molar-refractivity contribution in [1.29, 1.82) is 10.5 Å². The van der Waals surface area contributed by atoms with Crippen molar-refractivity contribution in [2.24, 2.45) is 0 Å². The summed E-state index contributed by atoms with van der Waals surface area (Å²) >= 11 is 1.87. The largest absolute Gasteiger partial charge is 0.497 e. The Bertz CT molecular complexity index is 832. The van der Waals surface area contributed by atoms with Crippen LogP contribution < -0.4 is 9.47 Å². The maximum absolute atomic E-state index is 9.36. The minimum absolute atomic E-state index is 0.184. The van der Waals surface area contributed by atoms with Crippen LogP contribution in [0.5, 0.6) is 11.5 Å². The summed E-state index contributed by atoms with van der Waals surface area (Å²) in [4.78, 5) is 0. The quantitative estimate of drug-likeness (QED) is 0.672. The first-order valence-corrected chi connectivity index (χ1v) is 9.58. The minimum atomic E-state index is 0.184. The Hall–Kier alpha value is -2.89. The van der Waals surface area contributed by atoms with Crippen LogP contribution in [0.1, 0.15) is 34.5 Å². The molecule has 0 spiro atoms. The van der Waals surface area contributed by atoms with E-state index in [0.717, 1.165) is 17.1 Å². The number of hydrogen-bond acceptors (Lipinski definition) is 5. The molecule has 3 rings (SSSR count). The van der Waals surface area contributed by atoms with E-state index in [4.69, 9.17) is 9.47 Å². The molecule has 0 aliphatic carbocycles. The zero-order valence-electron chi connectivity index (χ0n) is 15.3. The van der Waals surface area contributed by atoms with Gasteiger partial charge in [0.2, 0.25) is 0 Å². The number of rotatable bonds is 4. The third-order valence-corrected chi connectivity index (χ3v) is 6.28. The highest BCUT2D eigenvalue weighted by molar-refractivity contribution is 7.99. The highest BCUT2D eigenvalue weighted by atomic mass is 32.2. The molecule has 0 saturated carbocycles. The first-order valence-electron chi connectivity index (χ1n) is 8.64. The van der Waals surface area contributed by atoms with Gasteiger partial charge in [0, 0.05) is 10.5 Å². The lowest BCUT2D eigenvalue weighted by Gasteiger charge is -2.31. The van der Waals surface area contributed by atoms with E-state index in [-0.39, 0.29) is 16.1 Å². The molecule has 0 aromatic heterocycles. The molecule has 27 heavy (non-hydrogen) atoms. The van der Waals surface area contributed by atoms with Crippen molar-refractivity contribution < 1.29 is 9.47 Å². The van der Waals surface area contributed by atoms with Gasteiger partial charge in [-0.3, -0.25) is 0 Å². The van der Waals surface area contributed by atoms with Gasteiger partial charge in [0.05, 0.1) is 14.2 Å². The van der Waals surface area contributed by atoms with Gasteiger partial charge in [0.15, 0.2) is 0 Å². The van der Waals surface area contributed by atoms with Crippen LogP contribution in [0.3, 0.4) is 0 Å². The number of allylic oxidation sites excluding steroid dienone is 2. The Labute approximate surface area is 164 Å². The number of nitriles is 2. The molecule has 0 bridgehead atoms. The summed E-state index contributed by atoms with van der Waals surface area (Å²) in [6.07, 6.45) is 1.42. The molecule has 1 fully saturated rings. The van der Waals surface area contributed by atoms with Crippen LogP contribution >= 0.6 is 11.8 Å². The fraction of sp³-hybridized carbons (Fsp3) is 0.273. The second-order valence-electron chi connectivity index (χ2n) is 6.27. The van der Waals surface area contributed by atoms with Crippen LogP contribution in [0.2, 0.25) is 0 Å². The van der Waals surface area contributed by atoms with Crippen LogP contribution in [-0.2, 0) is 0 Å². The van der Waals surface area contributed by atoms with Crippen molar-refractivity contribution in [3.8, 4) is 23.6 Å².